The summed E-state index contributed by atoms with van der Waals surface area (Å²) in [5.74, 6) is 1.02. The molecule has 1 aliphatic carbocycles. The van der Waals surface area contributed by atoms with Crippen LogP contribution in [0.25, 0.3) is 0 Å². The van der Waals surface area contributed by atoms with Gasteiger partial charge in [-0.3, -0.25) is 4.79 Å². The fraction of sp³-hybridized carbons (Fsp3) is 0.600. The Morgan fingerprint density at radius 3 is 2.34 bits per heavy atom. The van der Waals surface area contributed by atoms with Crippen molar-refractivity contribution >= 4 is 21.9 Å². The summed E-state index contributed by atoms with van der Waals surface area (Å²) in [6.45, 7) is 5.52. The van der Waals surface area contributed by atoms with Crippen LogP contribution in [0, 0.1) is 5.92 Å². The summed E-state index contributed by atoms with van der Waals surface area (Å²) in [7, 11) is -3.38. The van der Waals surface area contributed by atoms with Crippen LogP contribution in [0.1, 0.15) is 38.2 Å². The van der Waals surface area contributed by atoms with Gasteiger partial charge >= 0.3 is 0 Å². The summed E-state index contributed by atoms with van der Waals surface area (Å²) in [6.07, 6.45) is 3.86. The third-order valence-corrected chi connectivity index (χ3v) is 6.97. The molecule has 9 heteroatoms. The van der Waals surface area contributed by atoms with E-state index in [1.54, 1.807) is 16.4 Å². The van der Waals surface area contributed by atoms with E-state index < -0.39 is 10.0 Å². The first-order chi connectivity index (χ1) is 14.0. The number of benzene rings is 1. The molecule has 3 rings (SSSR count). The van der Waals surface area contributed by atoms with E-state index in [0.29, 0.717) is 43.6 Å². The number of hydrogen-bond acceptors (Lipinski definition) is 4. The summed E-state index contributed by atoms with van der Waals surface area (Å²) in [5.41, 5.74) is 0.935. The number of nitrogens with zero attached hydrogens (tertiary/aromatic N) is 2. The van der Waals surface area contributed by atoms with Crippen molar-refractivity contribution in [3.8, 4) is 0 Å². The number of sulfonamides is 1. The normalized spacial score (nSPS) is 17.9. The van der Waals surface area contributed by atoms with Crippen LogP contribution < -0.4 is 16.0 Å². The Balaban J connectivity index is 1.51. The second kappa shape index (κ2) is 10.1. The molecular weight excluding hydrogens is 390 g/mol. The molecule has 1 aromatic rings. The zero-order chi connectivity index (χ0) is 20.7. The third kappa shape index (κ3) is 6.17. The molecule has 0 radical (unpaired) electrons. The van der Waals surface area contributed by atoms with Gasteiger partial charge in [-0.1, -0.05) is 12.1 Å². The van der Waals surface area contributed by atoms with Gasteiger partial charge in [-0.05, 0) is 50.3 Å². The minimum Gasteiger partial charge on any atom is -0.357 e. The number of aliphatic imine (C=N–C) groups is 1. The van der Waals surface area contributed by atoms with E-state index >= 15 is 0 Å². The molecule has 160 valence electrons. The zero-order valence-electron chi connectivity index (χ0n) is 17.0. The average molecular weight is 422 g/mol. The van der Waals surface area contributed by atoms with Gasteiger partial charge in [-0.25, -0.2) is 13.4 Å². The number of nitrogens with one attached hydrogen (secondary N) is 3. The van der Waals surface area contributed by atoms with Gasteiger partial charge < -0.3 is 16.0 Å². The van der Waals surface area contributed by atoms with Gasteiger partial charge in [0.15, 0.2) is 5.96 Å². The fourth-order valence-corrected chi connectivity index (χ4v) is 4.73. The maximum Gasteiger partial charge on any atom is 0.243 e. The topological polar surface area (TPSA) is 103 Å². The highest BCUT2D eigenvalue weighted by Crippen LogP contribution is 2.28. The van der Waals surface area contributed by atoms with Gasteiger partial charge in [-0.15, -0.1) is 0 Å². The molecule has 0 unspecified atom stereocenters. The van der Waals surface area contributed by atoms with Crippen molar-refractivity contribution in [1.82, 2.24) is 20.3 Å². The number of guanidine groups is 1. The molecule has 2 aliphatic rings. The molecule has 8 nitrogen and oxygen atoms in total. The van der Waals surface area contributed by atoms with Crippen LogP contribution in [-0.4, -0.2) is 57.3 Å². The minimum absolute atomic E-state index is 0.137. The van der Waals surface area contributed by atoms with Crippen molar-refractivity contribution in [1.29, 1.82) is 0 Å². The van der Waals surface area contributed by atoms with Gasteiger partial charge in [-0.2, -0.15) is 4.31 Å². The molecule has 1 saturated carbocycles. The quantitative estimate of drug-likeness (QED) is 0.314. The van der Waals surface area contributed by atoms with Crippen LogP contribution in [0.2, 0.25) is 0 Å². The van der Waals surface area contributed by atoms with E-state index in [1.807, 2.05) is 19.1 Å². The number of hydrogen-bond donors (Lipinski definition) is 3. The number of rotatable bonds is 9. The summed E-state index contributed by atoms with van der Waals surface area (Å²) in [4.78, 5) is 16.5. The van der Waals surface area contributed by atoms with E-state index in [4.69, 9.17) is 0 Å². The van der Waals surface area contributed by atoms with Crippen molar-refractivity contribution in [2.45, 2.75) is 44.0 Å². The average Bonchev–Trinajstić information content (AvgIpc) is 3.42. The molecule has 0 atom stereocenters. The van der Waals surface area contributed by atoms with Gasteiger partial charge in [0.2, 0.25) is 15.9 Å². The van der Waals surface area contributed by atoms with E-state index in [0.717, 1.165) is 37.8 Å². The summed E-state index contributed by atoms with van der Waals surface area (Å²) >= 11 is 0. The Hall–Kier alpha value is -2.13. The van der Waals surface area contributed by atoms with Gasteiger partial charge in [0.25, 0.3) is 0 Å². The first-order valence-corrected chi connectivity index (χ1v) is 11.8. The minimum atomic E-state index is -3.38. The largest absolute Gasteiger partial charge is 0.357 e. The fourth-order valence-electron chi connectivity index (χ4n) is 3.21. The molecule has 1 amide bonds. The van der Waals surface area contributed by atoms with Crippen LogP contribution in [0.5, 0.6) is 0 Å². The lowest BCUT2D eigenvalue weighted by Gasteiger charge is -2.15. The molecule has 0 spiro atoms. The van der Waals surface area contributed by atoms with Crippen LogP contribution in [-0.2, 0) is 21.4 Å². The van der Waals surface area contributed by atoms with Crippen LogP contribution in [0.4, 0.5) is 0 Å². The summed E-state index contributed by atoms with van der Waals surface area (Å²) < 4.78 is 26.7. The van der Waals surface area contributed by atoms with Crippen LogP contribution in [0.15, 0.2) is 34.2 Å². The lowest BCUT2D eigenvalue weighted by molar-refractivity contribution is -0.122. The Morgan fingerprint density at radius 2 is 1.72 bits per heavy atom. The zero-order valence-corrected chi connectivity index (χ0v) is 17.8. The van der Waals surface area contributed by atoms with Crippen molar-refractivity contribution < 1.29 is 13.2 Å². The number of carbonyl (C=O) groups excluding carboxylic acids is 1. The van der Waals surface area contributed by atoms with Crippen LogP contribution >= 0.6 is 0 Å². The van der Waals surface area contributed by atoms with Crippen molar-refractivity contribution in [2.24, 2.45) is 10.9 Å². The Morgan fingerprint density at radius 1 is 1.07 bits per heavy atom. The second-order valence-electron chi connectivity index (χ2n) is 7.44. The maximum atomic E-state index is 12.6. The summed E-state index contributed by atoms with van der Waals surface area (Å²) in [6, 6.07) is 6.94. The lowest BCUT2D eigenvalue weighted by atomic mass is 10.2. The predicted molar refractivity (Wildman–Crippen MR) is 113 cm³/mol. The molecule has 1 saturated heterocycles. The van der Waals surface area contributed by atoms with E-state index in [1.165, 1.54) is 0 Å². The molecule has 1 aliphatic heterocycles. The van der Waals surface area contributed by atoms with E-state index in [2.05, 4.69) is 20.9 Å². The van der Waals surface area contributed by atoms with Gasteiger partial charge in [0.1, 0.15) is 0 Å². The molecule has 1 heterocycles. The molecule has 0 aromatic heterocycles. The molecule has 3 N–H and O–H groups in total. The SMILES string of the molecule is CCNC(=NCc1ccc(S(=O)(=O)N2CCCC2)cc1)NCCNC(=O)C1CC1. The Kier molecular flexibility index (Phi) is 7.49. The second-order valence-corrected chi connectivity index (χ2v) is 9.38. The summed E-state index contributed by atoms with van der Waals surface area (Å²) in [5, 5.41) is 9.29. The third-order valence-electron chi connectivity index (χ3n) is 5.05. The monoisotopic (exact) mass is 421 g/mol. The first-order valence-electron chi connectivity index (χ1n) is 10.4. The van der Waals surface area contributed by atoms with Crippen LogP contribution in [0.3, 0.4) is 0 Å². The lowest BCUT2D eigenvalue weighted by Crippen LogP contribution is -2.41. The first kappa shape index (κ1) is 21.6. The highest BCUT2D eigenvalue weighted by Gasteiger charge is 2.29. The van der Waals surface area contributed by atoms with Gasteiger partial charge in [0.05, 0.1) is 11.4 Å². The predicted octanol–water partition coefficient (Wildman–Crippen LogP) is 1.05. The van der Waals surface area contributed by atoms with E-state index in [-0.39, 0.29) is 11.8 Å². The van der Waals surface area contributed by atoms with Crippen molar-refractivity contribution in [3.63, 3.8) is 0 Å². The maximum absolute atomic E-state index is 12.6. The molecule has 2 fully saturated rings. The standard InChI is InChI=1S/C20H31N5O3S/c1-2-21-20(23-12-11-22-19(26)17-7-8-17)24-15-16-5-9-18(10-6-16)29(27,28)25-13-3-4-14-25/h5-6,9-10,17H,2-4,7-8,11-15H2,1H3,(H,22,26)(H2,21,23,24). The smallest absolute Gasteiger partial charge is 0.243 e. The molecule has 0 bridgehead atoms. The van der Waals surface area contributed by atoms with Gasteiger partial charge in [0, 0.05) is 38.6 Å². The Labute approximate surface area is 173 Å². The van der Waals surface area contributed by atoms with E-state index in [9.17, 15) is 13.2 Å². The Bertz CT molecular complexity index is 813. The van der Waals surface area contributed by atoms with Crippen molar-refractivity contribution in [2.75, 3.05) is 32.7 Å². The van der Waals surface area contributed by atoms with Crippen molar-refractivity contribution in [3.05, 3.63) is 29.8 Å². The molecule has 29 heavy (non-hydrogen) atoms. The highest BCUT2D eigenvalue weighted by atomic mass is 32.2. The number of amides is 1. The molecule has 1 aromatic carbocycles. The number of carbonyl (C=O) groups is 1. The molecular formula is C20H31N5O3S. The highest BCUT2D eigenvalue weighted by molar-refractivity contribution is 7.89.